The Morgan fingerprint density at radius 1 is 1.10 bits per heavy atom. The highest BCUT2D eigenvalue weighted by Gasteiger charge is 2.16. The molecule has 20 heavy (non-hydrogen) atoms. The molecule has 0 aliphatic heterocycles. The summed E-state index contributed by atoms with van der Waals surface area (Å²) in [7, 11) is 0. The van der Waals surface area contributed by atoms with Gasteiger partial charge in [-0.25, -0.2) is 9.97 Å². The normalized spacial score (nSPS) is 10.7. The van der Waals surface area contributed by atoms with E-state index >= 15 is 0 Å². The van der Waals surface area contributed by atoms with Crippen LogP contribution in [0.25, 0.3) is 10.6 Å². The van der Waals surface area contributed by atoms with Gasteiger partial charge in [-0.15, -0.1) is 22.7 Å². The molecule has 2 heterocycles. The van der Waals surface area contributed by atoms with Crippen LogP contribution in [0.1, 0.15) is 26.1 Å². The highest BCUT2D eigenvalue weighted by molar-refractivity contribution is 7.16. The predicted molar refractivity (Wildman–Crippen MR) is 82.6 cm³/mol. The number of rotatable bonds is 3. The Labute approximate surface area is 125 Å². The zero-order valence-electron chi connectivity index (χ0n) is 11.1. The molecule has 0 saturated heterocycles. The molecule has 0 saturated carbocycles. The molecule has 3 aromatic rings. The van der Waals surface area contributed by atoms with E-state index in [0.717, 1.165) is 21.3 Å². The molecule has 1 aromatic carbocycles. The Balaban J connectivity index is 1.95. The number of hydrogen-bond acceptors (Lipinski definition) is 5. The van der Waals surface area contributed by atoms with Crippen LogP contribution in [-0.2, 0) is 0 Å². The van der Waals surface area contributed by atoms with Crippen LogP contribution >= 0.6 is 22.7 Å². The van der Waals surface area contributed by atoms with Gasteiger partial charge in [0.15, 0.2) is 5.01 Å². The smallest absolute Gasteiger partial charge is 0.221 e. The highest BCUT2D eigenvalue weighted by Crippen LogP contribution is 2.31. The third-order valence-corrected chi connectivity index (χ3v) is 4.81. The molecular weight excluding hydrogens is 288 g/mol. The highest BCUT2D eigenvalue weighted by atomic mass is 32.1. The van der Waals surface area contributed by atoms with Crippen molar-refractivity contribution < 1.29 is 4.79 Å². The minimum Gasteiger partial charge on any atom is -0.286 e. The zero-order valence-corrected chi connectivity index (χ0v) is 12.7. The Hall–Kier alpha value is -1.85. The lowest BCUT2D eigenvalue weighted by Gasteiger charge is -1.95. The van der Waals surface area contributed by atoms with Crippen LogP contribution in [0.15, 0.2) is 35.7 Å². The SMILES string of the molecule is Cc1nc(C)c(-c2csc(C(=O)c3ccccc3)n2)s1. The first-order valence-corrected chi connectivity index (χ1v) is 7.84. The third-order valence-electron chi connectivity index (χ3n) is 2.87. The Kier molecular flexibility index (Phi) is 3.46. The molecule has 0 aliphatic rings. The molecule has 0 fully saturated rings. The lowest BCUT2D eigenvalue weighted by atomic mass is 10.1. The van der Waals surface area contributed by atoms with Gasteiger partial charge in [-0.2, -0.15) is 0 Å². The Morgan fingerprint density at radius 2 is 1.85 bits per heavy atom. The van der Waals surface area contributed by atoms with Crippen molar-refractivity contribution in [3.05, 3.63) is 57.0 Å². The predicted octanol–water partition coefficient (Wildman–Crippen LogP) is 4.11. The van der Waals surface area contributed by atoms with Crippen molar-refractivity contribution in [2.24, 2.45) is 0 Å². The van der Waals surface area contributed by atoms with E-state index < -0.39 is 0 Å². The number of carbonyl (C=O) groups excluding carboxylic acids is 1. The van der Waals surface area contributed by atoms with Crippen LogP contribution in [0, 0.1) is 13.8 Å². The molecule has 0 aliphatic carbocycles. The van der Waals surface area contributed by atoms with E-state index in [4.69, 9.17) is 0 Å². The monoisotopic (exact) mass is 300 g/mol. The molecule has 0 radical (unpaired) electrons. The lowest BCUT2D eigenvalue weighted by molar-refractivity contribution is 0.103. The number of nitrogens with zero attached hydrogens (tertiary/aromatic N) is 2. The summed E-state index contributed by atoms with van der Waals surface area (Å²) in [5.74, 6) is -0.0271. The first kappa shape index (κ1) is 13.1. The van der Waals surface area contributed by atoms with Crippen LogP contribution in [0.2, 0.25) is 0 Å². The third kappa shape index (κ3) is 2.42. The number of benzene rings is 1. The van der Waals surface area contributed by atoms with Gasteiger partial charge in [0.25, 0.3) is 0 Å². The van der Waals surface area contributed by atoms with Gasteiger partial charge < -0.3 is 0 Å². The fourth-order valence-electron chi connectivity index (χ4n) is 1.96. The van der Waals surface area contributed by atoms with Crippen LogP contribution in [0.4, 0.5) is 0 Å². The Morgan fingerprint density at radius 3 is 2.50 bits per heavy atom. The van der Waals surface area contributed by atoms with Crippen LogP contribution in [-0.4, -0.2) is 15.8 Å². The maximum atomic E-state index is 12.3. The Bertz CT molecular complexity index is 759. The van der Waals surface area contributed by atoms with Crippen LogP contribution in [0.3, 0.4) is 0 Å². The van der Waals surface area contributed by atoms with Gasteiger partial charge in [0.1, 0.15) is 0 Å². The van der Waals surface area contributed by atoms with Gasteiger partial charge >= 0.3 is 0 Å². The average molecular weight is 300 g/mol. The van der Waals surface area contributed by atoms with Gasteiger partial charge in [-0.3, -0.25) is 4.79 Å². The van der Waals surface area contributed by atoms with Gasteiger partial charge in [0.05, 0.1) is 21.3 Å². The van der Waals surface area contributed by atoms with Gasteiger partial charge in [0.2, 0.25) is 5.78 Å². The van der Waals surface area contributed by atoms with Gasteiger partial charge in [-0.1, -0.05) is 30.3 Å². The first-order chi connectivity index (χ1) is 9.65. The second-order valence-corrected chi connectivity index (χ2v) is 6.44. The summed E-state index contributed by atoms with van der Waals surface area (Å²) in [6.07, 6.45) is 0. The minimum absolute atomic E-state index is 0.0271. The maximum Gasteiger partial charge on any atom is 0.221 e. The molecule has 0 bridgehead atoms. The molecule has 0 spiro atoms. The van der Waals surface area contributed by atoms with Crippen molar-refractivity contribution in [1.82, 2.24) is 9.97 Å². The summed E-state index contributed by atoms with van der Waals surface area (Å²) in [4.78, 5) is 22.2. The largest absolute Gasteiger partial charge is 0.286 e. The number of hydrogen-bond donors (Lipinski definition) is 0. The van der Waals surface area contributed by atoms with Crippen LogP contribution in [0.5, 0.6) is 0 Å². The van der Waals surface area contributed by atoms with Gasteiger partial charge in [0, 0.05) is 10.9 Å². The van der Waals surface area contributed by atoms with E-state index in [-0.39, 0.29) is 5.78 Å². The summed E-state index contributed by atoms with van der Waals surface area (Å²) < 4.78 is 0. The van der Waals surface area contributed by atoms with E-state index in [1.807, 2.05) is 49.6 Å². The van der Waals surface area contributed by atoms with Crippen molar-refractivity contribution in [2.75, 3.05) is 0 Å². The molecule has 3 rings (SSSR count). The molecule has 2 aromatic heterocycles. The second-order valence-electron chi connectivity index (χ2n) is 4.38. The zero-order chi connectivity index (χ0) is 14.1. The molecular formula is C15H12N2OS2. The van der Waals surface area contributed by atoms with Crippen molar-refractivity contribution in [3.63, 3.8) is 0 Å². The quantitative estimate of drug-likeness (QED) is 0.683. The molecule has 3 nitrogen and oxygen atoms in total. The number of aromatic nitrogens is 2. The fourth-order valence-corrected chi connectivity index (χ4v) is 3.69. The molecule has 0 amide bonds. The van der Waals surface area contributed by atoms with E-state index in [2.05, 4.69) is 9.97 Å². The average Bonchev–Trinajstić information content (AvgIpc) is 3.05. The van der Waals surface area contributed by atoms with Crippen molar-refractivity contribution >= 4 is 28.5 Å². The van der Waals surface area contributed by atoms with Crippen molar-refractivity contribution in [3.8, 4) is 10.6 Å². The number of carbonyl (C=O) groups is 1. The standard InChI is InChI=1S/C15H12N2OS2/c1-9-14(20-10(2)16-9)12-8-19-15(17-12)13(18)11-6-4-3-5-7-11/h3-8H,1-2H3. The maximum absolute atomic E-state index is 12.3. The van der Waals surface area contributed by atoms with E-state index in [1.54, 1.807) is 11.3 Å². The molecule has 0 unspecified atom stereocenters. The summed E-state index contributed by atoms with van der Waals surface area (Å²) in [6.45, 7) is 3.94. The summed E-state index contributed by atoms with van der Waals surface area (Å²) >= 11 is 2.99. The summed E-state index contributed by atoms with van der Waals surface area (Å²) in [5.41, 5.74) is 2.49. The van der Waals surface area contributed by atoms with E-state index in [0.29, 0.717) is 10.6 Å². The molecule has 0 N–H and O–H groups in total. The lowest BCUT2D eigenvalue weighted by Crippen LogP contribution is -1.99. The van der Waals surface area contributed by atoms with Gasteiger partial charge in [-0.05, 0) is 13.8 Å². The topological polar surface area (TPSA) is 42.9 Å². The fraction of sp³-hybridized carbons (Fsp3) is 0.133. The second kappa shape index (κ2) is 5.26. The van der Waals surface area contributed by atoms with Crippen LogP contribution < -0.4 is 0 Å². The van der Waals surface area contributed by atoms with Crippen molar-refractivity contribution in [2.45, 2.75) is 13.8 Å². The summed E-state index contributed by atoms with van der Waals surface area (Å²) in [6, 6.07) is 9.24. The summed E-state index contributed by atoms with van der Waals surface area (Å²) in [5, 5.41) is 3.47. The molecule has 100 valence electrons. The van der Waals surface area contributed by atoms with E-state index in [1.165, 1.54) is 11.3 Å². The minimum atomic E-state index is -0.0271. The number of aryl methyl sites for hydroxylation is 2. The first-order valence-electron chi connectivity index (χ1n) is 6.15. The number of ketones is 1. The van der Waals surface area contributed by atoms with E-state index in [9.17, 15) is 4.79 Å². The number of thiazole rings is 2. The van der Waals surface area contributed by atoms with Crippen molar-refractivity contribution in [1.29, 1.82) is 0 Å². The molecule has 0 atom stereocenters. The molecule has 5 heteroatoms.